The lowest BCUT2D eigenvalue weighted by atomic mass is 9.92. The van der Waals surface area contributed by atoms with E-state index in [1.807, 2.05) is 28.9 Å². The maximum absolute atomic E-state index is 11.0. The molecule has 2 aromatic rings. The molecule has 1 saturated carbocycles. The van der Waals surface area contributed by atoms with Gasteiger partial charge in [0, 0.05) is 0 Å². The highest BCUT2D eigenvalue weighted by atomic mass is 16.6. The number of rotatable bonds is 2. The number of para-hydroxylation sites is 1. The van der Waals surface area contributed by atoms with Crippen LogP contribution >= 0.6 is 0 Å². The van der Waals surface area contributed by atoms with Crippen LogP contribution in [0, 0.1) is 0 Å². The predicted molar refractivity (Wildman–Crippen MR) is 69.5 cm³/mol. The maximum atomic E-state index is 11.0. The van der Waals surface area contributed by atoms with Gasteiger partial charge in [-0.05, 0) is 31.4 Å². The van der Waals surface area contributed by atoms with Crippen molar-refractivity contribution in [3.8, 4) is 0 Å². The Labute approximate surface area is 110 Å². The number of hydrogen-bond acceptors (Lipinski definition) is 4. The predicted octanol–water partition coefficient (Wildman–Crippen LogP) is 2.01. The number of nitrogens with zero attached hydrogens (tertiary/aromatic N) is 3. The van der Waals surface area contributed by atoms with Crippen molar-refractivity contribution >= 4 is 17.1 Å². The van der Waals surface area contributed by atoms with Crippen molar-refractivity contribution < 1.29 is 9.53 Å². The van der Waals surface area contributed by atoms with Crippen LogP contribution in [0.15, 0.2) is 24.3 Å². The fraction of sp³-hybridized carbons (Fsp3) is 0.462. The molecule has 0 saturated heterocycles. The zero-order valence-electron chi connectivity index (χ0n) is 10.5. The fourth-order valence-corrected chi connectivity index (χ4v) is 2.78. The molecule has 6 nitrogen and oxygen atoms in total. The third-order valence-electron chi connectivity index (χ3n) is 3.63. The highest BCUT2D eigenvalue weighted by Crippen LogP contribution is 2.32. The van der Waals surface area contributed by atoms with Gasteiger partial charge in [-0.1, -0.05) is 23.8 Å². The summed E-state index contributed by atoms with van der Waals surface area (Å²) in [5.74, 6) is 0. The van der Waals surface area contributed by atoms with Crippen molar-refractivity contribution in [3.63, 3.8) is 0 Å². The van der Waals surface area contributed by atoms with Crippen LogP contribution in [0.4, 0.5) is 4.79 Å². The topological polar surface area (TPSA) is 83.0 Å². The molecule has 1 aliphatic carbocycles. The Morgan fingerprint density at radius 2 is 2.11 bits per heavy atom. The summed E-state index contributed by atoms with van der Waals surface area (Å²) in [5.41, 5.74) is 6.96. The van der Waals surface area contributed by atoms with E-state index >= 15 is 0 Å². The molecule has 0 bridgehead atoms. The van der Waals surface area contributed by atoms with Crippen LogP contribution in [0.25, 0.3) is 11.0 Å². The van der Waals surface area contributed by atoms with Gasteiger partial charge in [-0.3, -0.25) is 0 Å². The summed E-state index contributed by atoms with van der Waals surface area (Å²) in [7, 11) is 0. The van der Waals surface area contributed by atoms with Gasteiger partial charge >= 0.3 is 6.09 Å². The molecule has 100 valence electrons. The molecule has 1 aromatic heterocycles. The van der Waals surface area contributed by atoms with E-state index in [-0.39, 0.29) is 12.1 Å². The maximum Gasteiger partial charge on any atom is 0.404 e. The third-order valence-corrected chi connectivity index (χ3v) is 3.63. The number of benzene rings is 1. The van der Waals surface area contributed by atoms with E-state index in [1.165, 1.54) is 0 Å². The third kappa shape index (κ3) is 2.25. The number of primary amides is 1. The van der Waals surface area contributed by atoms with Crippen LogP contribution in [0.5, 0.6) is 0 Å². The van der Waals surface area contributed by atoms with Crippen molar-refractivity contribution in [1.82, 2.24) is 15.0 Å². The molecule has 2 N–H and O–H groups in total. The van der Waals surface area contributed by atoms with Crippen molar-refractivity contribution in [2.45, 2.75) is 37.8 Å². The van der Waals surface area contributed by atoms with E-state index in [1.54, 1.807) is 0 Å². The van der Waals surface area contributed by atoms with Gasteiger partial charge in [-0.2, -0.15) is 0 Å². The zero-order valence-corrected chi connectivity index (χ0v) is 10.5. The molecule has 19 heavy (non-hydrogen) atoms. The second-order valence-electron chi connectivity index (χ2n) is 4.85. The smallest absolute Gasteiger partial charge is 0.404 e. The van der Waals surface area contributed by atoms with Gasteiger partial charge in [0.1, 0.15) is 11.6 Å². The number of carbonyl (C=O) groups is 1. The Morgan fingerprint density at radius 1 is 1.32 bits per heavy atom. The van der Waals surface area contributed by atoms with Gasteiger partial charge < -0.3 is 10.5 Å². The normalized spacial score (nSPS) is 23.4. The average Bonchev–Trinajstić information content (AvgIpc) is 2.82. The Balaban J connectivity index is 1.95. The molecular formula is C13H16N4O2. The van der Waals surface area contributed by atoms with Gasteiger partial charge in [-0.25, -0.2) is 9.48 Å². The number of ether oxygens (including phenoxy) is 1. The summed E-state index contributed by atoms with van der Waals surface area (Å²) in [4.78, 5) is 11.0. The van der Waals surface area contributed by atoms with Gasteiger partial charge in [-0.15, -0.1) is 5.10 Å². The molecule has 0 unspecified atom stereocenters. The summed E-state index contributed by atoms with van der Waals surface area (Å²) in [6.45, 7) is 0. The minimum Gasteiger partial charge on any atom is -0.444 e. The summed E-state index contributed by atoms with van der Waals surface area (Å²) in [6.07, 6.45) is 2.95. The molecule has 3 rings (SSSR count). The number of carbonyl (C=O) groups excluding carboxylic acids is 1. The second-order valence-corrected chi connectivity index (χ2v) is 4.85. The average molecular weight is 260 g/mol. The lowest BCUT2D eigenvalue weighted by Gasteiger charge is -2.30. The SMILES string of the molecule is NC(=O)O[C@@H]1CCCC[C@H]1n1nnc2ccccc21. The quantitative estimate of drug-likeness (QED) is 0.895. The Kier molecular flexibility index (Phi) is 3.06. The summed E-state index contributed by atoms with van der Waals surface area (Å²) >= 11 is 0. The van der Waals surface area contributed by atoms with E-state index in [2.05, 4.69) is 10.3 Å². The molecule has 0 radical (unpaired) electrons. The van der Waals surface area contributed by atoms with Crippen LogP contribution < -0.4 is 5.73 Å². The minimum atomic E-state index is -0.721. The van der Waals surface area contributed by atoms with Crippen LogP contribution in [0.1, 0.15) is 31.7 Å². The van der Waals surface area contributed by atoms with Crippen LogP contribution in [-0.2, 0) is 4.74 Å². The van der Waals surface area contributed by atoms with Crippen LogP contribution in [0.2, 0.25) is 0 Å². The number of amides is 1. The van der Waals surface area contributed by atoms with Gasteiger partial charge in [0.25, 0.3) is 0 Å². The van der Waals surface area contributed by atoms with Gasteiger partial charge in [0.15, 0.2) is 0 Å². The van der Waals surface area contributed by atoms with Crippen molar-refractivity contribution in [2.24, 2.45) is 5.73 Å². The monoisotopic (exact) mass is 260 g/mol. The van der Waals surface area contributed by atoms with Crippen molar-refractivity contribution in [3.05, 3.63) is 24.3 Å². The van der Waals surface area contributed by atoms with Crippen molar-refractivity contribution in [1.29, 1.82) is 0 Å². The van der Waals surface area contributed by atoms with E-state index < -0.39 is 6.09 Å². The largest absolute Gasteiger partial charge is 0.444 e. The van der Waals surface area contributed by atoms with Crippen LogP contribution in [-0.4, -0.2) is 27.2 Å². The first kappa shape index (κ1) is 12.0. The Hall–Kier alpha value is -2.11. The molecule has 1 aromatic carbocycles. The number of aromatic nitrogens is 3. The molecule has 6 heteroatoms. The molecule has 1 fully saturated rings. The van der Waals surface area contributed by atoms with Gasteiger partial charge in [0.05, 0.1) is 11.6 Å². The lowest BCUT2D eigenvalue weighted by Crippen LogP contribution is -2.34. The first-order chi connectivity index (χ1) is 9.25. The number of nitrogens with two attached hydrogens (primary N) is 1. The van der Waals surface area contributed by atoms with E-state index in [0.29, 0.717) is 0 Å². The Morgan fingerprint density at radius 3 is 2.95 bits per heavy atom. The standard InChI is InChI=1S/C13H16N4O2/c14-13(18)19-12-8-4-3-7-11(12)17-10-6-2-1-5-9(10)15-16-17/h1-2,5-6,11-12H,3-4,7-8H2,(H2,14,18)/t11-,12-/m1/s1. The van der Waals surface area contributed by atoms with Crippen LogP contribution in [0.3, 0.4) is 0 Å². The molecule has 0 spiro atoms. The lowest BCUT2D eigenvalue weighted by molar-refractivity contribution is 0.0441. The van der Waals surface area contributed by atoms with E-state index in [0.717, 1.165) is 36.7 Å². The molecular weight excluding hydrogens is 244 g/mol. The summed E-state index contributed by atoms with van der Waals surface area (Å²) < 4.78 is 7.09. The second kappa shape index (κ2) is 4.87. The first-order valence-corrected chi connectivity index (χ1v) is 6.52. The van der Waals surface area contributed by atoms with Crippen molar-refractivity contribution in [2.75, 3.05) is 0 Å². The molecule has 0 aliphatic heterocycles. The minimum absolute atomic E-state index is 0.0219. The summed E-state index contributed by atoms with van der Waals surface area (Å²) in [6, 6.07) is 7.81. The zero-order chi connectivity index (χ0) is 13.2. The number of fused-ring (bicyclic) bond motifs is 1. The highest BCUT2D eigenvalue weighted by Gasteiger charge is 2.31. The molecule has 1 amide bonds. The first-order valence-electron chi connectivity index (χ1n) is 6.52. The summed E-state index contributed by atoms with van der Waals surface area (Å²) in [5, 5.41) is 8.36. The van der Waals surface area contributed by atoms with E-state index in [4.69, 9.17) is 10.5 Å². The molecule has 2 atom stereocenters. The highest BCUT2D eigenvalue weighted by molar-refractivity contribution is 5.74. The molecule has 1 aliphatic rings. The fourth-order valence-electron chi connectivity index (χ4n) is 2.78. The molecule has 1 heterocycles. The van der Waals surface area contributed by atoms with Gasteiger partial charge in [0.2, 0.25) is 0 Å². The Bertz CT molecular complexity index is 595. The van der Waals surface area contributed by atoms with E-state index in [9.17, 15) is 4.79 Å². The number of hydrogen-bond donors (Lipinski definition) is 1.